The van der Waals surface area contributed by atoms with Crippen molar-refractivity contribution in [2.75, 3.05) is 6.61 Å². The molecule has 29 heavy (non-hydrogen) atoms. The molecular weight excluding hydrogens is 402 g/mol. The summed E-state index contributed by atoms with van der Waals surface area (Å²) in [6.45, 7) is -0.215. The Morgan fingerprint density at radius 2 is 1.69 bits per heavy atom. The molecule has 152 valence electrons. The highest BCUT2D eigenvalue weighted by molar-refractivity contribution is 7.12. The fraction of sp³-hybridized carbons (Fsp3) is 0.478. The monoisotopic (exact) mass is 427 g/mol. The van der Waals surface area contributed by atoms with Crippen molar-refractivity contribution >= 4 is 46.2 Å². The minimum atomic E-state index is -0.443. The lowest BCUT2D eigenvalue weighted by Crippen LogP contribution is -2.60. The van der Waals surface area contributed by atoms with Gasteiger partial charge in [0.15, 0.2) is 6.61 Å². The summed E-state index contributed by atoms with van der Waals surface area (Å²) in [7, 11) is 0. The van der Waals surface area contributed by atoms with Crippen LogP contribution in [0.4, 0.5) is 0 Å². The average Bonchev–Trinajstić information content (AvgIpc) is 3.36. The third kappa shape index (κ3) is 4.05. The first-order valence-corrected chi connectivity index (χ1v) is 12.1. The number of thiophene rings is 2. The second-order valence-electron chi connectivity index (χ2n) is 8.87. The largest absolute Gasteiger partial charge is 0.452 e. The molecule has 4 aliphatic rings. The molecule has 2 aromatic heterocycles. The zero-order chi connectivity index (χ0) is 19.8. The van der Waals surface area contributed by atoms with Gasteiger partial charge in [0.25, 0.3) is 5.91 Å². The number of esters is 1. The molecule has 4 fully saturated rings. The number of hydrogen-bond donors (Lipinski definition) is 1. The maximum absolute atomic E-state index is 12.8. The minimum absolute atomic E-state index is 0.0539. The van der Waals surface area contributed by atoms with Crippen LogP contribution in [0.2, 0.25) is 0 Å². The third-order valence-corrected chi connectivity index (χ3v) is 8.34. The van der Waals surface area contributed by atoms with E-state index >= 15 is 0 Å². The quantitative estimate of drug-likeness (QED) is 0.523. The fourth-order valence-corrected chi connectivity index (χ4v) is 7.37. The lowest BCUT2D eigenvalue weighted by molar-refractivity contribution is -0.145. The zero-order valence-electron chi connectivity index (χ0n) is 16.3. The van der Waals surface area contributed by atoms with Crippen LogP contribution in [0.1, 0.15) is 48.3 Å². The van der Waals surface area contributed by atoms with Crippen molar-refractivity contribution in [2.24, 2.45) is 17.8 Å². The Morgan fingerprint density at radius 1 is 1.03 bits per heavy atom. The topological polar surface area (TPSA) is 55.4 Å². The molecule has 0 aromatic carbocycles. The molecular formula is C23H25NO3S2. The second-order valence-corrected chi connectivity index (χ2v) is 10.8. The van der Waals surface area contributed by atoms with Crippen molar-refractivity contribution in [3.05, 3.63) is 44.8 Å². The van der Waals surface area contributed by atoms with Crippen LogP contribution in [0.5, 0.6) is 0 Å². The van der Waals surface area contributed by atoms with Gasteiger partial charge in [0.2, 0.25) is 0 Å². The standard InChI is InChI=1S/C23H25NO3S2/c25-21(24-23-11-15-7-16(12-23)9-17(8-15)13-23)14-27-22(26)19(20-4-2-6-29-20)10-18-3-1-5-28-18/h1-6,10,15-17H,7-9,11-14H2,(H,24,25). The van der Waals surface area contributed by atoms with E-state index in [9.17, 15) is 9.59 Å². The van der Waals surface area contributed by atoms with E-state index in [0.29, 0.717) is 5.57 Å². The number of ether oxygens (including phenoxy) is 1. The van der Waals surface area contributed by atoms with E-state index in [1.165, 1.54) is 30.6 Å². The third-order valence-electron chi connectivity index (χ3n) is 6.61. The van der Waals surface area contributed by atoms with Crippen LogP contribution in [0.15, 0.2) is 35.0 Å². The van der Waals surface area contributed by atoms with E-state index in [1.54, 1.807) is 11.3 Å². The van der Waals surface area contributed by atoms with Gasteiger partial charge in [-0.15, -0.1) is 22.7 Å². The van der Waals surface area contributed by atoms with E-state index in [0.717, 1.165) is 46.8 Å². The Morgan fingerprint density at radius 3 is 2.28 bits per heavy atom. The van der Waals surface area contributed by atoms with Crippen LogP contribution in [0, 0.1) is 17.8 Å². The highest BCUT2D eigenvalue weighted by Crippen LogP contribution is 2.55. The molecule has 6 rings (SSSR count). The molecule has 2 heterocycles. The van der Waals surface area contributed by atoms with Gasteiger partial charge in [0.05, 0.1) is 5.57 Å². The number of hydrogen-bond acceptors (Lipinski definition) is 5. The van der Waals surface area contributed by atoms with Crippen molar-refractivity contribution in [1.82, 2.24) is 5.32 Å². The van der Waals surface area contributed by atoms with Gasteiger partial charge < -0.3 is 10.1 Å². The van der Waals surface area contributed by atoms with Crippen molar-refractivity contribution in [1.29, 1.82) is 0 Å². The van der Waals surface area contributed by atoms with Gasteiger partial charge >= 0.3 is 5.97 Å². The molecule has 2 aromatic rings. The smallest absolute Gasteiger partial charge is 0.340 e. The molecule has 0 atom stereocenters. The summed E-state index contributed by atoms with van der Waals surface area (Å²) in [4.78, 5) is 27.3. The first-order valence-electron chi connectivity index (χ1n) is 10.4. The molecule has 0 saturated heterocycles. The van der Waals surface area contributed by atoms with Crippen molar-refractivity contribution in [3.8, 4) is 0 Å². The van der Waals surface area contributed by atoms with Crippen LogP contribution < -0.4 is 5.32 Å². The van der Waals surface area contributed by atoms with Crippen molar-refractivity contribution in [2.45, 2.75) is 44.1 Å². The average molecular weight is 428 g/mol. The zero-order valence-corrected chi connectivity index (χ0v) is 17.9. The SMILES string of the molecule is O=C(COC(=O)C(=Cc1cccs1)c1cccs1)NC12CC3CC(CC(C3)C1)C2. The van der Waals surface area contributed by atoms with Gasteiger partial charge in [-0.1, -0.05) is 12.1 Å². The molecule has 0 spiro atoms. The minimum Gasteiger partial charge on any atom is -0.452 e. The number of carbonyl (C=O) groups excluding carboxylic acids is 2. The molecule has 4 saturated carbocycles. The molecule has 4 bridgehead atoms. The second kappa shape index (κ2) is 7.73. The normalized spacial score (nSPS) is 30.3. The van der Waals surface area contributed by atoms with Gasteiger partial charge in [-0.25, -0.2) is 4.79 Å². The Balaban J connectivity index is 1.23. The Bertz CT molecular complexity index is 879. The summed E-state index contributed by atoms with van der Waals surface area (Å²) < 4.78 is 5.44. The number of rotatable bonds is 6. The van der Waals surface area contributed by atoms with Gasteiger partial charge in [0.1, 0.15) is 0 Å². The lowest BCUT2D eigenvalue weighted by Gasteiger charge is -2.56. The van der Waals surface area contributed by atoms with E-state index in [2.05, 4.69) is 5.32 Å². The molecule has 1 N–H and O–H groups in total. The fourth-order valence-electron chi connectivity index (χ4n) is 5.98. The van der Waals surface area contributed by atoms with Crippen LogP contribution in [-0.4, -0.2) is 24.0 Å². The van der Waals surface area contributed by atoms with Crippen LogP contribution >= 0.6 is 22.7 Å². The van der Waals surface area contributed by atoms with Gasteiger partial charge in [-0.3, -0.25) is 4.79 Å². The highest BCUT2D eigenvalue weighted by atomic mass is 32.1. The number of amides is 1. The maximum atomic E-state index is 12.8. The Labute approximate surface area is 179 Å². The predicted octanol–water partition coefficient (Wildman–Crippen LogP) is 4.98. The molecule has 4 nitrogen and oxygen atoms in total. The summed E-state index contributed by atoms with van der Waals surface area (Å²) in [5.41, 5.74) is 0.451. The summed E-state index contributed by atoms with van der Waals surface area (Å²) in [5, 5.41) is 7.18. The molecule has 6 heteroatoms. The van der Waals surface area contributed by atoms with E-state index < -0.39 is 5.97 Å². The maximum Gasteiger partial charge on any atom is 0.340 e. The molecule has 0 radical (unpaired) electrons. The van der Waals surface area contributed by atoms with Gasteiger partial charge in [-0.05, 0) is 85.2 Å². The van der Waals surface area contributed by atoms with Crippen LogP contribution in [0.25, 0.3) is 11.6 Å². The Kier molecular flexibility index (Phi) is 5.08. The summed E-state index contributed by atoms with van der Waals surface area (Å²) in [6, 6.07) is 7.73. The highest BCUT2D eigenvalue weighted by Gasteiger charge is 2.51. The molecule has 0 aliphatic heterocycles. The summed E-state index contributed by atoms with van der Waals surface area (Å²) in [6.07, 6.45) is 9.13. The van der Waals surface area contributed by atoms with E-state index in [1.807, 2.05) is 41.1 Å². The van der Waals surface area contributed by atoms with E-state index in [-0.39, 0.29) is 18.1 Å². The van der Waals surface area contributed by atoms with Gasteiger partial charge in [-0.2, -0.15) is 0 Å². The first-order chi connectivity index (χ1) is 14.1. The summed E-state index contributed by atoms with van der Waals surface area (Å²) in [5.74, 6) is 1.69. The Hall–Kier alpha value is -1.92. The molecule has 1 amide bonds. The lowest BCUT2D eigenvalue weighted by atomic mass is 9.53. The summed E-state index contributed by atoms with van der Waals surface area (Å²) >= 11 is 3.06. The molecule has 0 unspecified atom stereocenters. The predicted molar refractivity (Wildman–Crippen MR) is 117 cm³/mol. The van der Waals surface area contributed by atoms with E-state index in [4.69, 9.17) is 4.74 Å². The molecule has 4 aliphatic carbocycles. The van der Waals surface area contributed by atoms with Crippen molar-refractivity contribution < 1.29 is 14.3 Å². The van der Waals surface area contributed by atoms with Crippen LogP contribution in [-0.2, 0) is 14.3 Å². The van der Waals surface area contributed by atoms with Crippen LogP contribution in [0.3, 0.4) is 0 Å². The number of nitrogens with one attached hydrogen (secondary N) is 1. The first kappa shape index (κ1) is 19.1. The van der Waals surface area contributed by atoms with Gasteiger partial charge in [0, 0.05) is 15.3 Å². The number of carbonyl (C=O) groups is 2. The van der Waals surface area contributed by atoms with Crippen molar-refractivity contribution in [3.63, 3.8) is 0 Å².